The van der Waals surface area contributed by atoms with Crippen molar-refractivity contribution in [2.75, 3.05) is 13.2 Å². The van der Waals surface area contributed by atoms with E-state index >= 15 is 0 Å². The molecule has 2 rings (SSSR count). The molecule has 3 nitrogen and oxygen atoms in total. The van der Waals surface area contributed by atoms with E-state index in [1.54, 1.807) is 0 Å². The fraction of sp³-hybridized carbons (Fsp3) is 0.333. The lowest BCUT2D eigenvalue weighted by Gasteiger charge is -2.26. The molecule has 70 valence electrons. The van der Waals surface area contributed by atoms with Gasteiger partial charge in [-0.25, -0.2) is 0 Å². The van der Waals surface area contributed by atoms with Crippen LogP contribution in [0.5, 0.6) is 11.5 Å². The van der Waals surface area contributed by atoms with Crippen molar-refractivity contribution in [1.82, 2.24) is 0 Å². The van der Waals surface area contributed by atoms with E-state index in [1.165, 1.54) is 0 Å². The van der Waals surface area contributed by atoms with Gasteiger partial charge in [-0.3, -0.25) is 0 Å². The van der Waals surface area contributed by atoms with Gasteiger partial charge in [-0.15, -0.1) is 0 Å². The average Bonchev–Trinajstić information content (AvgIpc) is 2.18. The summed E-state index contributed by atoms with van der Waals surface area (Å²) in [6, 6.07) is 5.71. The zero-order valence-electron chi connectivity index (χ0n) is 7.00. The van der Waals surface area contributed by atoms with Crippen LogP contribution in [0.25, 0.3) is 0 Å². The number of benzene rings is 1. The van der Waals surface area contributed by atoms with E-state index in [0.717, 1.165) is 16.0 Å². The maximum Gasteiger partial charge on any atom is 0.176 e. The second-order valence-corrected chi connectivity index (χ2v) is 3.71. The molecule has 0 amide bonds. The zero-order chi connectivity index (χ0) is 9.26. The van der Waals surface area contributed by atoms with Crippen molar-refractivity contribution in [3.8, 4) is 11.5 Å². The summed E-state index contributed by atoms with van der Waals surface area (Å²) in [6.45, 7) is 1.00. The minimum Gasteiger partial charge on any atom is -0.486 e. The first kappa shape index (κ1) is 8.84. The van der Waals surface area contributed by atoms with Gasteiger partial charge in [0.25, 0.3) is 0 Å². The SMILES string of the molecule is NC[C@H]1COc2cccc(Br)c2O1. The first-order chi connectivity index (χ1) is 6.31. The fourth-order valence-corrected chi connectivity index (χ4v) is 1.66. The van der Waals surface area contributed by atoms with Crippen molar-refractivity contribution in [2.24, 2.45) is 5.73 Å². The summed E-state index contributed by atoms with van der Waals surface area (Å²) in [4.78, 5) is 0. The molecule has 1 atom stereocenters. The summed E-state index contributed by atoms with van der Waals surface area (Å²) < 4.78 is 12.0. The summed E-state index contributed by atoms with van der Waals surface area (Å²) >= 11 is 3.39. The number of para-hydroxylation sites is 1. The normalized spacial score (nSPS) is 20.0. The van der Waals surface area contributed by atoms with Crippen LogP contribution in [0.4, 0.5) is 0 Å². The molecular formula is C9H10BrNO2. The number of hydrogen-bond acceptors (Lipinski definition) is 3. The van der Waals surface area contributed by atoms with Crippen molar-refractivity contribution >= 4 is 15.9 Å². The maximum atomic E-state index is 5.61. The van der Waals surface area contributed by atoms with E-state index in [1.807, 2.05) is 18.2 Å². The van der Waals surface area contributed by atoms with E-state index in [0.29, 0.717) is 13.2 Å². The number of halogens is 1. The molecule has 0 saturated carbocycles. The minimum atomic E-state index is -0.0359. The lowest BCUT2D eigenvalue weighted by Crippen LogP contribution is -2.35. The molecule has 1 heterocycles. The predicted octanol–water partition coefficient (Wildman–Crippen LogP) is 1.55. The molecule has 1 aliphatic rings. The van der Waals surface area contributed by atoms with Crippen LogP contribution in [-0.4, -0.2) is 19.3 Å². The van der Waals surface area contributed by atoms with Gasteiger partial charge in [0.05, 0.1) is 4.47 Å². The van der Waals surface area contributed by atoms with Crippen molar-refractivity contribution in [2.45, 2.75) is 6.10 Å². The van der Waals surface area contributed by atoms with Crippen molar-refractivity contribution in [1.29, 1.82) is 0 Å². The van der Waals surface area contributed by atoms with Gasteiger partial charge in [-0.2, -0.15) is 0 Å². The molecule has 4 heteroatoms. The highest BCUT2D eigenvalue weighted by atomic mass is 79.9. The standard InChI is InChI=1S/C9H10BrNO2/c10-7-2-1-3-8-9(7)13-6(4-11)5-12-8/h1-3,6H,4-5,11H2/t6-/m0/s1. The predicted molar refractivity (Wildman–Crippen MR) is 53.1 cm³/mol. The van der Waals surface area contributed by atoms with E-state index in [2.05, 4.69) is 15.9 Å². The van der Waals surface area contributed by atoms with Gasteiger partial charge in [-0.1, -0.05) is 6.07 Å². The fourth-order valence-electron chi connectivity index (χ4n) is 1.22. The quantitative estimate of drug-likeness (QED) is 0.815. The van der Waals surface area contributed by atoms with E-state index in [9.17, 15) is 0 Å². The molecule has 0 bridgehead atoms. The summed E-state index contributed by atoms with van der Waals surface area (Å²) in [7, 11) is 0. The molecule has 1 aromatic carbocycles. The maximum absolute atomic E-state index is 5.61. The molecule has 0 fully saturated rings. The van der Waals surface area contributed by atoms with Crippen LogP contribution in [0.2, 0.25) is 0 Å². The van der Waals surface area contributed by atoms with Crippen LogP contribution in [0.15, 0.2) is 22.7 Å². The summed E-state index contributed by atoms with van der Waals surface area (Å²) in [5.41, 5.74) is 5.49. The minimum absolute atomic E-state index is 0.0359. The molecule has 13 heavy (non-hydrogen) atoms. The Kier molecular flexibility index (Phi) is 2.42. The van der Waals surface area contributed by atoms with Crippen LogP contribution in [0.1, 0.15) is 0 Å². The third kappa shape index (κ3) is 1.64. The summed E-state index contributed by atoms with van der Waals surface area (Å²) in [5, 5.41) is 0. The largest absolute Gasteiger partial charge is 0.486 e. The third-order valence-corrected chi connectivity index (χ3v) is 2.53. The molecule has 0 spiro atoms. The Morgan fingerprint density at radius 1 is 1.54 bits per heavy atom. The summed E-state index contributed by atoms with van der Waals surface area (Å²) in [6.07, 6.45) is -0.0359. The number of rotatable bonds is 1. The molecule has 1 aliphatic heterocycles. The first-order valence-electron chi connectivity index (χ1n) is 4.09. The van der Waals surface area contributed by atoms with E-state index in [-0.39, 0.29) is 6.10 Å². The van der Waals surface area contributed by atoms with Crippen LogP contribution in [0.3, 0.4) is 0 Å². The average molecular weight is 244 g/mol. The third-order valence-electron chi connectivity index (χ3n) is 1.90. The summed E-state index contributed by atoms with van der Waals surface area (Å²) in [5.74, 6) is 1.53. The lowest BCUT2D eigenvalue weighted by molar-refractivity contribution is 0.0959. The molecular weight excluding hydrogens is 234 g/mol. The van der Waals surface area contributed by atoms with Crippen LogP contribution in [0, 0.1) is 0 Å². The van der Waals surface area contributed by atoms with Crippen molar-refractivity contribution in [3.05, 3.63) is 22.7 Å². The van der Waals surface area contributed by atoms with Crippen molar-refractivity contribution < 1.29 is 9.47 Å². The Hall–Kier alpha value is -0.740. The van der Waals surface area contributed by atoms with Crippen LogP contribution < -0.4 is 15.2 Å². The second-order valence-electron chi connectivity index (χ2n) is 2.85. The van der Waals surface area contributed by atoms with Gasteiger partial charge in [-0.05, 0) is 28.1 Å². The zero-order valence-corrected chi connectivity index (χ0v) is 8.58. The molecule has 2 N–H and O–H groups in total. The Bertz CT molecular complexity index is 316. The highest BCUT2D eigenvalue weighted by molar-refractivity contribution is 9.10. The van der Waals surface area contributed by atoms with Gasteiger partial charge in [0.15, 0.2) is 11.5 Å². The van der Waals surface area contributed by atoms with Gasteiger partial charge in [0, 0.05) is 6.54 Å². The highest BCUT2D eigenvalue weighted by Gasteiger charge is 2.21. The first-order valence-corrected chi connectivity index (χ1v) is 4.88. The van der Waals surface area contributed by atoms with E-state index < -0.39 is 0 Å². The van der Waals surface area contributed by atoms with Crippen LogP contribution >= 0.6 is 15.9 Å². The number of fused-ring (bicyclic) bond motifs is 1. The Labute approximate surface area is 85.0 Å². The van der Waals surface area contributed by atoms with Crippen LogP contribution in [-0.2, 0) is 0 Å². The molecule has 1 aromatic rings. The van der Waals surface area contributed by atoms with Gasteiger partial charge in [0.1, 0.15) is 12.7 Å². The Balaban J connectivity index is 2.32. The molecule has 0 aromatic heterocycles. The second kappa shape index (κ2) is 3.55. The molecule has 0 radical (unpaired) electrons. The van der Waals surface area contributed by atoms with Gasteiger partial charge >= 0.3 is 0 Å². The smallest absolute Gasteiger partial charge is 0.176 e. The number of nitrogens with two attached hydrogens (primary N) is 1. The molecule has 0 saturated heterocycles. The monoisotopic (exact) mass is 243 g/mol. The lowest BCUT2D eigenvalue weighted by atomic mass is 10.2. The highest BCUT2D eigenvalue weighted by Crippen LogP contribution is 2.37. The Morgan fingerprint density at radius 2 is 2.38 bits per heavy atom. The topological polar surface area (TPSA) is 44.5 Å². The van der Waals surface area contributed by atoms with E-state index in [4.69, 9.17) is 15.2 Å². The van der Waals surface area contributed by atoms with Gasteiger partial charge < -0.3 is 15.2 Å². The number of hydrogen-bond donors (Lipinski definition) is 1. The Morgan fingerprint density at radius 3 is 3.15 bits per heavy atom. The van der Waals surface area contributed by atoms with Gasteiger partial charge in [0.2, 0.25) is 0 Å². The molecule has 0 aliphatic carbocycles. The molecule has 0 unspecified atom stereocenters. The number of ether oxygens (including phenoxy) is 2. The van der Waals surface area contributed by atoms with Crippen molar-refractivity contribution in [3.63, 3.8) is 0 Å².